The number of aromatic amines is 1. The largest absolute Gasteiger partial charge is 0.487 e. The molecule has 8 nitrogen and oxygen atoms in total. The molecule has 0 spiro atoms. The number of hydrogen-bond donors (Lipinski definition) is 1. The van der Waals surface area contributed by atoms with Gasteiger partial charge in [0.15, 0.2) is 5.75 Å². The molecule has 2 aliphatic heterocycles. The monoisotopic (exact) mass is 610 g/mol. The van der Waals surface area contributed by atoms with E-state index in [4.69, 9.17) is 31.0 Å². The zero-order valence-electron chi connectivity index (χ0n) is 24.8. The molecule has 0 amide bonds. The third kappa shape index (κ3) is 5.26. The molecule has 1 aliphatic carbocycles. The van der Waals surface area contributed by atoms with Crippen LogP contribution in [0.4, 0.5) is 14.6 Å². The van der Waals surface area contributed by atoms with Crippen molar-refractivity contribution in [3.8, 4) is 22.9 Å². The minimum atomic E-state index is -2.75. The normalized spacial score (nSPS) is 22.8. The van der Waals surface area contributed by atoms with Gasteiger partial charge in [0.05, 0.1) is 16.7 Å². The Hall–Kier alpha value is -3.24. The van der Waals surface area contributed by atoms with Crippen LogP contribution in [-0.4, -0.2) is 75.9 Å². The van der Waals surface area contributed by atoms with Crippen molar-refractivity contribution < 1.29 is 18.3 Å². The van der Waals surface area contributed by atoms with Gasteiger partial charge in [0, 0.05) is 53.4 Å². The molecular weight excluding hydrogens is 574 g/mol. The highest BCUT2D eigenvalue weighted by molar-refractivity contribution is 6.35. The number of benzene rings is 2. The maximum atomic E-state index is 14.1. The molecule has 1 N–H and O–H groups in total. The number of piperidine rings is 1. The van der Waals surface area contributed by atoms with Crippen LogP contribution in [0.1, 0.15) is 57.4 Å². The molecule has 3 fully saturated rings. The molecule has 228 valence electrons. The van der Waals surface area contributed by atoms with E-state index < -0.39 is 12.0 Å². The zero-order valence-corrected chi connectivity index (χ0v) is 25.6. The molecule has 0 radical (unpaired) electrons. The average Bonchev–Trinajstić information content (AvgIpc) is 3.60. The lowest BCUT2D eigenvalue weighted by molar-refractivity contribution is -0.134. The minimum absolute atomic E-state index is 0.260. The lowest BCUT2D eigenvalue weighted by Gasteiger charge is -2.37. The number of likely N-dealkylation sites (N-methyl/N-ethyl adjacent to an activating group) is 1. The highest BCUT2D eigenvalue weighted by Gasteiger charge is 2.47. The summed E-state index contributed by atoms with van der Waals surface area (Å²) in [7, 11) is 2.11. The fourth-order valence-electron chi connectivity index (χ4n) is 6.89. The lowest BCUT2D eigenvalue weighted by Crippen LogP contribution is -2.43. The third-order valence-electron chi connectivity index (χ3n) is 9.43. The molecule has 43 heavy (non-hydrogen) atoms. The van der Waals surface area contributed by atoms with Crippen molar-refractivity contribution in [3.63, 3.8) is 0 Å². The summed E-state index contributed by atoms with van der Waals surface area (Å²) in [6.45, 7) is 6.55. The second kappa shape index (κ2) is 11.0. The molecule has 11 heteroatoms. The maximum absolute atomic E-state index is 14.1. The van der Waals surface area contributed by atoms with Gasteiger partial charge in [0.2, 0.25) is 0 Å². The van der Waals surface area contributed by atoms with Crippen molar-refractivity contribution >= 4 is 39.2 Å². The van der Waals surface area contributed by atoms with Crippen LogP contribution in [0.3, 0.4) is 0 Å². The standard InChI is InChI=1S/C32H37ClF2N6O2/c1-18-9-10-25-23(16-36-39-25)26(18)27-24(33)13-22-28(29(27)43-21-14-32(34,35)15-21)37-31(42-17-20-8-6-11-40(20)3)38-30(22)41-12-5-4-7-19(41)2/h9-10,13,16,19-21H,4-8,11-12,14-15,17H2,1-3H3,(H,36,39)/t19-,20-/m0/s1. The van der Waals surface area contributed by atoms with Gasteiger partial charge in [0.25, 0.3) is 5.92 Å². The highest BCUT2D eigenvalue weighted by Crippen LogP contribution is 2.50. The second-order valence-electron chi connectivity index (χ2n) is 12.5. The number of anilines is 1. The molecule has 4 heterocycles. The molecule has 2 aromatic heterocycles. The van der Waals surface area contributed by atoms with Gasteiger partial charge in [-0.2, -0.15) is 15.1 Å². The van der Waals surface area contributed by atoms with Gasteiger partial charge in [-0.25, -0.2) is 8.78 Å². The van der Waals surface area contributed by atoms with Crippen molar-refractivity contribution in [3.05, 3.63) is 35.0 Å². The zero-order chi connectivity index (χ0) is 29.9. The molecule has 3 aliphatic rings. The molecule has 2 atom stereocenters. The number of nitrogens with one attached hydrogen (secondary N) is 1. The van der Waals surface area contributed by atoms with Crippen LogP contribution in [0.5, 0.6) is 11.8 Å². The summed E-state index contributed by atoms with van der Waals surface area (Å²) < 4.78 is 40.9. The van der Waals surface area contributed by atoms with Crippen LogP contribution >= 0.6 is 11.6 Å². The van der Waals surface area contributed by atoms with E-state index in [2.05, 4.69) is 34.0 Å². The number of aryl methyl sites for hydroxylation is 1. The minimum Gasteiger partial charge on any atom is -0.487 e. The average molecular weight is 611 g/mol. The van der Waals surface area contributed by atoms with Gasteiger partial charge in [-0.15, -0.1) is 0 Å². The van der Waals surface area contributed by atoms with Gasteiger partial charge < -0.3 is 19.3 Å². The first-order chi connectivity index (χ1) is 20.7. The SMILES string of the molecule is Cc1ccc2[nH]ncc2c1-c1c(Cl)cc2c(N3CCCC[C@@H]3C)nc(OC[C@@H]3CCCN3C)nc2c1OC1CC(F)(F)C1. The van der Waals surface area contributed by atoms with E-state index in [0.29, 0.717) is 28.5 Å². The van der Waals surface area contributed by atoms with E-state index >= 15 is 0 Å². The van der Waals surface area contributed by atoms with Crippen molar-refractivity contribution in [1.29, 1.82) is 0 Å². The Morgan fingerprint density at radius 3 is 2.65 bits per heavy atom. The number of fused-ring (bicyclic) bond motifs is 2. The summed E-state index contributed by atoms with van der Waals surface area (Å²) in [5.41, 5.74) is 3.77. The van der Waals surface area contributed by atoms with Gasteiger partial charge in [-0.1, -0.05) is 17.7 Å². The Morgan fingerprint density at radius 1 is 1.07 bits per heavy atom. The van der Waals surface area contributed by atoms with E-state index in [0.717, 1.165) is 78.4 Å². The summed E-state index contributed by atoms with van der Waals surface area (Å²) in [6, 6.07) is 6.66. The number of H-pyrrole nitrogens is 1. The first-order valence-electron chi connectivity index (χ1n) is 15.3. The van der Waals surface area contributed by atoms with Crippen molar-refractivity contribution in [2.45, 2.75) is 82.9 Å². The van der Waals surface area contributed by atoms with Gasteiger partial charge in [0.1, 0.15) is 24.0 Å². The van der Waals surface area contributed by atoms with E-state index in [9.17, 15) is 8.78 Å². The van der Waals surface area contributed by atoms with Crippen LogP contribution < -0.4 is 14.4 Å². The summed E-state index contributed by atoms with van der Waals surface area (Å²) in [6.07, 6.45) is 5.82. The second-order valence-corrected chi connectivity index (χ2v) is 12.9. The molecule has 2 saturated heterocycles. The predicted octanol–water partition coefficient (Wildman–Crippen LogP) is 7.16. The first kappa shape index (κ1) is 28.5. The Bertz CT molecular complexity index is 1670. The van der Waals surface area contributed by atoms with Crippen molar-refractivity contribution in [1.82, 2.24) is 25.1 Å². The molecule has 0 bridgehead atoms. The molecular formula is C32H37ClF2N6O2. The van der Waals surface area contributed by atoms with Crippen LogP contribution in [0.15, 0.2) is 24.4 Å². The molecule has 4 aromatic rings. The first-order valence-corrected chi connectivity index (χ1v) is 15.7. The van der Waals surface area contributed by atoms with E-state index in [1.165, 1.54) is 0 Å². The Balaban J connectivity index is 1.44. The van der Waals surface area contributed by atoms with Gasteiger partial charge >= 0.3 is 6.01 Å². The van der Waals surface area contributed by atoms with Crippen LogP contribution in [0.25, 0.3) is 32.9 Å². The summed E-state index contributed by atoms with van der Waals surface area (Å²) in [5, 5.41) is 9.33. The number of rotatable bonds is 7. The predicted molar refractivity (Wildman–Crippen MR) is 165 cm³/mol. The Morgan fingerprint density at radius 2 is 1.91 bits per heavy atom. The Labute approximate surface area is 254 Å². The van der Waals surface area contributed by atoms with Crippen molar-refractivity contribution in [2.75, 3.05) is 31.6 Å². The van der Waals surface area contributed by atoms with E-state index in [1.54, 1.807) is 6.20 Å². The molecule has 0 unspecified atom stereocenters. The van der Waals surface area contributed by atoms with Gasteiger partial charge in [-0.3, -0.25) is 5.10 Å². The Kier molecular flexibility index (Phi) is 7.32. The highest BCUT2D eigenvalue weighted by atomic mass is 35.5. The van der Waals surface area contributed by atoms with Crippen LogP contribution in [-0.2, 0) is 0 Å². The number of likely N-dealkylation sites (tertiary alicyclic amines) is 1. The number of hydrogen-bond acceptors (Lipinski definition) is 7. The third-order valence-corrected chi connectivity index (χ3v) is 9.73. The number of ether oxygens (including phenoxy) is 2. The summed E-state index contributed by atoms with van der Waals surface area (Å²) >= 11 is 7.16. The number of nitrogens with zero attached hydrogens (tertiary/aromatic N) is 5. The van der Waals surface area contributed by atoms with Crippen LogP contribution in [0, 0.1) is 6.92 Å². The van der Waals surface area contributed by atoms with Gasteiger partial charge in [-0.05, 0) is 77.2 Å². The smallest absolute Gasteiger partial charge is 0.319 e. The quantitative estimate of drug-likeness (QED) is 0.238. The fraction of sp³-hybridized carbons (Fsp3) is 0.531. The van der Waals surface area contributed by atoms with Crippen molar-refractivity contribution in [2.24, 2.45) is 0 Å². The lowest BCUT2D eigenvalue weighted by atomic mass is 9.90. The topological polar surface area (TPSA) is 79.4 Å². The number of halogens is 3. The molecule has 2 aromatic carbocycles. The maximum Gasteiger partial charge on any atom is 0.319 e. The summed E-state index contributed by atoms with van der Waals surface area (Å²) in [5.74, 6) is -1.62. The number of aromatic nitrogens is 4. The fourth-order valence-corrected chi connectivity index (χ4v) is 7.18. The van der Waals surface area contributed by atoms with E-state index in [1.807, 2.05) is 25.1 Å². The molecule has 1 saturated carbocycles. The van der Waals surface area contributed by atoms with E-state index in [-0.39, 0.29) is 30.9 Å². The van der Waals surface area contributed by atoms with Crippen LogP contribution in [0.2, 0.25) is 5.02 Å². The summed E-state index contributed by atoms with van der Waals surface area (Å²) in [4.78, 5) is 14.5. The number of alkyl halides is 2. The molecule has 7 rings (SSSR count).